The summed E-state index contributed by atoms with van der Waals surface area (Å²) in [5.74, 6) is 0. The van der Waals surface area contributed by atoms with E-state index in [1.54, 1.807) is 0 Å². The number of hydrogen-bond acceptors (Lipinski definition) is 3. The zero-order valence-corrected chi connectivity index (χ0v) is 13.8. The zero-order chi connectivity index (χ0) is 14.9. The van der Waals surface area contributed by atoms with Gasteiger partial charge in [0.05, 0.1) is 0 Å². The molecule has 0 atom stereocenters. The lowest BCUT2D eigenvalue weighted by Crippen LogP contribution is -2.39. The molecule has 1 aromatic rings. The summed E-state index contributed by atoms with van der Waals surface area (Å²) in [5, 5.41) is 3.63. The van der Waals surface area contributed by atoms with Gasteiger partial charge in [0.2, 0.25) is 0 Å². The van der Waals surface area contributed by atoms with Crippen molar-refractivity contribution < 1.29 is 0 Å². The van der Waals surface area contributed by atoms with E-state index in [1.165, 1.54) is 56.4 Å². The van der Waals surface area contributed by atoms with E-state index in [2.05, 4.69) is 48.2 Å². The van der Waals surface area contributed by atoms with Gasteiger partial charge < -0.3 is 10.2 Å². The first-order valence-corrected chi connectivity index (χ1v) is 8.53. The lowest BCUT2D eigenvalue weighted by Gasteiger charge is -2.40. The molecule has 3 nitrogen and oxygen atoms in total. The third-order valence-corrected chi connectivity index (χ3v) is 5.42. The quantitative estimate of drug-likeness (QED) is 0.896. The third-order valence-electron chi connectivity index (χ3n) is 5.42. The Bertz CT molecular complexity index is 485. The maximum atomic E-state index is 4.51. The first kappa shape index (κ1) is 14.8. The van der Waals surface area contributed by atoms with Crippen molar-refractivity contribution in [1.82, 2.24) is 10.3 Å². The molecule has 0 amide bonds. The highest BCUT2D eigenvalue weighted by Crippen LogP contribution is 2.36. The van der Waals surface area contributed by atoms with Crippen LogP contribution in [0.5, 0.6) is 0 Å². The molecule has 21 heavy (non-hydrogen) atoms. The Kier molecular flexibility index (Phi) is 4.21. The van der Waals surface area contributed by atoms with E-state index >= 15 is 0 Å². The molecule has 0 radical (unpaired) electrons. The van der Waals surface area contributed by atoms with Crippen molar-refractivity contribution >= 4 is 5.69 Å². The molecule has 116 valence electrons. The lowest BCUT2D eigenvalue weighted by molar-refractivity contribution is 0.238. The predicted octanol–water partition coefficient (Wildman–Crippen LogP) is 3.66. The Morgan fingerprint density at radius 1 is 1.33 bits per heavy atom. The van der Waals surface area contributed by atoms with Crippen molar-refractivity contribution in [2.75, 3.05) is 18.0 Å². The molecule has 1 N–H and O–H groups in total. The van der Waals surface area contributed by atoms with Gasteiger partial charge in [0, 0.05) is 48.8 Å². The van der Waals surface area contributed by atoms with E-state index in [9.17, 15) is 0 Å². The van der Waals surface area contributed by atoms with Crippen molar-refractivity contribution in [3.63, 3.8) is 0 Å². The number of rotatable bonds is 5. The first-order chi connectivity index (χ1) is 10.1. The van der Waals surface area contributed by atoms with Gasteiger partial charge in [-0.3, -0.25) is 4.98 Å². The van der Waals surface area contributed by atoms with Crippen molar-refractivity contribution in [3.05, 3.63) is 23.5 Å². The Morgan fingerprint density at radius 3 is 2.67 bits per heavy atom. The number of nitrogens with one attached hydrogen (secondary N) is 1. The first-order valence-electron chi connectivity index (χ1n) is 8.53. The van der Waals surface area contributed by atoms with Crippen molar-refractivity contribution in [3.8, 4) is 0 Å². The van der Waals surface area contributed by atoms with Crippen LogP contribution in [0, 0.1) is 12.3 Å². The fraction of sp³-hybridized carbons (Fsp3) is 0.722. The highest BCUT2D eigenvalue weighted by molar-refractivity contribution is 5.54. The number of pyridine rings is 1. The molecule has 3 rings (SSSR count). The molecular formula is C18H29N3. The number of aromatic nitrogens is 1. The third kappa shape index (κ3) is 3.57. The van der Waals surface area contributed by atoms with Gasteiger partial charge in [-0.25, -0.2) is 0 Å². The molecule has 3 heteroatoms. The van der Waals surface area contributed by atoms with Crippen LogP contribution in [0.4, 0.5) is 5.69 Å². The Balaban J connectivity index is 1.72. The number of hydrogen-bond donors (Lipinski definition) is 1. The maximum Gasteiger partial charge on any atom is 0.0445 e. The van der Waals surface area contributed by atoms with Gasteiger partial charge in [0.25, 0.3) is 0 Å². The molecule has 0 aromatic carbocycles. The van der Waals surface area contributed by atoms with Crippen LogP contribution in [-0.2, 0) is 6.54 Å². The molecule has 2 fully saturated rings. The molecule has 1 saturated carbocycles. The van der Waals surface area contributed by atoms with Gasteiger partial charge in [-0.1, -0.05) is 20.3 Å². The van der Waals surface area contributed by atoms with Crippen LogP contribution >= 0.6 is 0 Å². The normalized spacial score (nSPS) is 21.6. The summed E-state index contributed by atoms with van der Waals surface area (Å²) < 4.78 is 0. The monoisotopic (exact) mass is 287 g/mol. The lowest BCUT2D eigenvalue weighted by atomic mass is 9.78. The second kappa shape index (κ2) is 5.96. The molecule has 1 aliphatic heterocycles. The minimum absolute atomic E-state index is 0.547. The smallest absolute Gasteiger partial charge is 0.0445 e. The standard InChI is InChI=1S/C18H29N3/c1-4-18(3)7-9-21(10-8-18)17-11-14(2)19-12-15(17)13-20-16-5-6-16/h11-12,16,20H,4-10,13H2,1-3H3. The summed E-state index contributed by atoms with van der Waals surface area (Å²) in [6.45, 7) is 10.2. The Morgan fingerprint density at radius 2 is 2.05 bits per heavy atom. The van der Waals surface area contributed by atoms with Crippen LogP contribution in [-0.4, -0.2) is 24.1 Å². The van der Waals surface area contributed by atoms with Crippen LogP contribution in [0.15, 0.2) is 12.3 Å². The summed E-state index contributed by atoms with van der Waals surface area (Å²) in [4.78, 5) is 7.09. The van der Waals surface area contributed by atoms with E-state index in [0.717, 1.165) is 18.3 Å². The van der Waals surface area contributed by atoms with Gasteiger partial charge >= 0.3 is 0 Å². The van der Waals surface area contributed by atoms with Crippen LogP contribution < -0.4 is 10.2 Å². The molecule has 1 saturated heterocycles. The fourth-order valence-electron chi connectivity index (χ4n) is 3.19. The molecule has 0 unspecified atom stereocenters. The van der Waals surface area contributed by atoms with Gasteiger partial charge in [-0.2, -0.15) is 0 Å². The van der Waals surface area contributed by atoms with Crippen molar-refractivity contribution in [1.29, 1.82) is 0 Å². The van der Waals surface area contributed by atoms with E-state index < -0.39 is 0 Å². The Labute approximate surface area is 129 Å². The van der Waals surface area contributed by atoms with Gasteiger partial charge in [0.1, 0.15) is 0 Å². The fourth-order valence-corrected chi connectivity index (χ4v) is 3.19. The van der Waals surface area contributed by atoms with Crippen LogP contribution in [0.25, 0.3) is 0 Å². The SMILES string of the molecule is CCC1(C)CCN(c2cc(C)ncc2CNC2CC2)CC1. The molecular weight excluding hydrogens is 258 g/mol. The average Bonchev–Trinajstić information content (AvgIpc) is 3.31. The Hall–Kier alpha value is -1.09. The second-order valence-electron chi connectivity index (χ2n) is 7.26. The molecule has 2 aliphatic rings. The number of aryl methyl sites for hydroxylation is 1. The summed E-state index contributed by atoms with van der Waals surface area (Å²) in [6.07, 6.45) is 8.67. The van der Waals surface area contributed by atoms with E-state index in [4.69, 9.17) is 0 Å². The molecule has 2 heterocycles. The van der Waals surface area contributed by atoms with Gasteiger partial charge in [-0.15, -0.1) is 0 Å². The zero-order valence-electron chi connectivity index (χ0n) is 13.8. The average molecular weight is 287 g/mol. The highest BCUT2D eigenvalue weighted by Gasteiger charge is 2.29. The predicted molar refractivity (Wildman–Crippen MR) is 88.7 cm³/mol. The highest BCUT2D eigenvalue weighted by atomic mass is 15.1. The second-order valence-corrected chi connectivity index (χ2v) is 7.26. The molecule has 0 bridgehead atoms. The van der Waals surface area contributed by atoms with Crippen LogP contribution in [0.2, 0.25) is 0 Å². The number of nitrogens with zero attached hydrogens (tertiary/aromatic N) is 2. The molecule has 1 aromatic heterocycles. The summed E-state index contributed by atoms with van der Waals surface area (Å²) in [7, 11) is 0. The van der Waals surface area contributed by atoms with Crippen molar-refractivity contribution in [2.45, 2.75) is 65.5 Å². The van der Waals surface area contributed by atoms with Crippen LogP contribution in [0.3, 0.4) is 0 Å². The van der Waals surface area contributed by atoms with E-state index in [0.29, 0.717) is 5.41 Å². The van der Waals surface area contributed by atoms with Crippen LogP contribution in [0.1, 0.15) is 57.2 Å². The minimum atomic E-state index is 0.547. The van der Waals surface area contributed by atoms with E-state index in [1.807, 2.05) is 0 Å². The van der Waals surface area contributed by atoms with E-state index in [-0.39, 0.29) is 0 Å². The molecule has 0 spiro atoms. The van der Waals surface area contributed by atoms with Gasteiger partial charge in [0.15, 0.2) is 0 Å². The summed E-state index contributed by atoms with van der Waals surface area (Å²) in [6, 6.07) is 3.03. The van der Waals surface area contributed by atoms with Gasteiger partial charge in [-0.05, 0) is 44.1 Å². The minimum Gasteiger partial charge on any atom is -0.371 e. The summed E-state index contributed by atoms with van der Waals surface area (Å²) in [5.41, 5.74) is 4.45. The number of piperidine rings is 1. The largest absolute Gasteiger partial charge is 0.371 e. The topological polar surface area (TPSA) is 28.2 Å². The number of anilines is 1. The maximum absolute atomic E-state index is 4.51. The summed E-state index contributed by atoms with van der Waals surface area (Å²) >= 11 is 0. The van der Waals surface area contributed by atoms with Crippen molar-refractivity contribution in [2.24, 2.45) is 5.41 Å². The molecule has 1 aliphatic carbocycles.